The number of aryl methyl sites for hydroxylation is 1. The van der Waals surface area contributed by atoms with Gasteiger partial charge in [-0.25, -0.2) is 0 Å². The molecular formula is C11H16BrNO. The molecular weight excluding hydrogens is 242 g/mol. The molecule has 0 bridgehead atoms. The number of halogens is 1. The molecule has 2 nitrogen and oxygen atoms in total. The zero-order valence-corrected chi connectivity index (χ0v) is 9.70. The molecule has 0 aliphatic rings. The Bertz CT molecular complexity index is 278. The van der Waals surface area contributed by atoms with Crippen LogP contribution >= 0.6 is 15.9 Å². The lowest BCUT2D eigenvalue weighted by Crippen LogP contribution is -2.14. The highest BCUT2D eigenvalue weighted by Gasteiger charge is 2.03. The maximum absolute atomic E-state index is 9.49. The second kappa shape index (κ2) is 6.17. The maximum atomic E-state index is 9.49. The van der Waals surface area contributed by atoms with Gasteiger partial charge in [-0.05, 0) is 43.5 Å². The maximum Gasteiger partial charge on any atom is 0.0555 e. The summed E-state index contributed by atoms with van der Waals surface area (Å²) in [6, 6.07) is 8.16. The van der Waals surface area contributed by atoms with Crippen LogP contribution in [0.3, 0.4) is 0 Å². The lowest BCUT2D eigenvalue weighted by atomic mass is 10.1. The van der Waals surface area contributed by atoms with E-state index in [4.69, 9.17) is 5.73 Å². The summed E-state index contributed by atoms with van der Waals surface area (Å²) >= 11 is 3.42. The Hall–Kier alpha value is -0.380. The first-order valence-electron chi connectivity index (χ1n) is 4.85. The van der Waals surface area contributed by atoms with Crippen molar-refractivity contribution < 1.29 is 5.11 Å². The molecule has 0 aliphatic heterocycles. The summed E-state index contributed by atoms with van der Waals surface area (Å²) in [5, 5.41) is 9.49. The Kier molecular flexibility index (Phi) is 5.15. The number of aliphatic hydroxyl groups is 1. The van der Waals surface area contributed by atoms with Gasteiger partial charge in [0.05, 0.1) is 6.10 Å². The monoisotopic (exact) mass is 257 g/mol. The highest BCUT2D eigenvalue weighted by molar-refractivity contribution is 9.10. The first kappa shape index (κ1) is 11.7. The molecule has 0 radical (unpaired) electrons. The second-order valence-electron chi connectivity index (χ2n) is 3.40. The summed E-state index contributed by atoms with van der Waals surface area (Å²) in [4.78, 5) is 0. The van der Waals surface area contributed by atoms with E-state index in [-0.39, 0.29) is 6.10 Å². The molecule has 0 aliphatic carbocycles. The van der Waals surface area contributed by atoms with Crippen LogP contribution < -0.4 is 5.73 Å². The van der Waals surface area contributed by atoms with Crippen molar-refractivity contribution in [3.8, 4) is 0 Å². The van der Waals surface area contributed by atoms with Gasteiger partial charge < -0.3 is 10.8 Å². The average molecular weight is 258 g/mol. The molecule has 1 aromatic rings. The van der Waals surface area contributed by atoms with Gasteiger partial charge in [0.1, 0.15) is 0 Å². The fraction of sp³-hybridized carbons (Fsp3) is 0.455. The minimum Gasteiger partial charge on any atom is -0.393 e. The molecule has 78 valence electrons. The lowest BCUT2D eigenvalue weighted by Gasteiger charge is -2.08. The first-order chi connectivity index (χ1) is 6.72. The Labute approximate surface area is 93.3 Å². The zero-order valence-electron chi connectivity index (χ0n) is 8.12. The van der Waals surface area contributed by atoms with Gasteiger partial charge in [0.15, 0.2) is 0 Å². The molecule has 3 N–H and O–H groups in total. The van der Waals surface area contributed by atoms with Gasteiger partial charge in [-0.2, -0.15) is 0 Å². The normalized spacial score (nSPS) is 12.8. The third kappa shape index (κ3) is 4.22. The Morgan fingerprint density at radius 3 is 2.79 bits per heavy atom. The largest absolute Gasteiger partial charge is 0.393 e. The molecule has 0 spiro atoms. The molecule has 0 aromatic heterocycles. The number of aliphatic hydroxyl groups excluding tert-OH is 1. The smallest absolute Gasteiger partial charge is 0.0555 e. The van der Waals surface area contributed by atoms with Gasteiger partial charge in [0.25, 0.3) is 0 Å². The van der Waals surface area contributed by atoms with Crippen LogP contribution in [0.15, 0.2) is 28.7 Å². The number of hydrogen-bond donors (Lipinski definition) is 2. The Morgan fingerprint density at radius 2 is 2.14 bits per heavy atom. The van der Waals surface area contributed by atoms with Gasteiger partial charge >= 0.3 is 0 Å². The zero-order chi connectivity index (χ0) is 10.4. The van der Waals surface area contributed by atoms with Gasteiger partial charge in [0.2, 0.25) is 0 Å². The van der Waals surface area contributed by atoms with Gasteiger partial charge in [-0.1, -0.05) is 28.1 Å². The fourth-order valence-electron chi connectivity index (χ4n) is 1.36. The molecule has 0 amide bonds. The van der Waals surface area contributed by atoms with Crippen LogP contribution in [-0.2, 0) is 6.42 Å². The predicted molar refractivity (Wildman–Crippen MR) is 62.1 cm³/mol. The molecule has 14 heavy (non-hydrogen) atoms. The van der Waals surface area contributed by atoms with Gasteiger partial charge in [-0.15, -0.1) is 0 Å². The molecule has 1 aromatic carbocycles. The average Bonchev–Trinajstić information content (AvgIpc) is 2.15. The minimum absolute atomic E-state index is 0.265. The topological polar surface area (TPSA) is 46.2 Å². The van der Waals surface area contributed by atoms with E-state index in [0.717, 1.165) is 17.3 Å². The summed E-state index contributed by atoms with van der Waals surface area (Å²) in [5.74, 6) is 0. The van der Waals surface area contributed by atoms with E-state index in [9.17, 15) is 5.11 Å². The second-order valence-corrected chi connectivity index (χ2v) is 4.32. The van der Waals surface area contributed by atoms with E-state index in [2.05, 4.69) is 28.1 Å². The van der Waals surface area contributed by atoms with Crippen molar-refractivity contribution >= 4 is 15.9 Å². The third-order valence-corrected chi connectivity index (χ3v) is 2.65. The van der Waals surface area contributed by atoms with Gasteiger partial charge in [-0.3, -0.25) is 0 Å². The Morgan fingerprint density at radius 1 is 1.36 bits per heavy atom. The van der Waals surface area contributed by atoms with E-state index in [1.807, 2.05) is 12.1 Å². The van der Waals surface area contributed by atoms with E-state index >= 15 is 0 Å². The van der Waals surface area contributed by atoms with Crippen molar-refractivity contribution in [2.75, 3.05) is 6.54 Å². The number of hydrogen-bond acceptors (Lipinski definition) is 2. The van der Waals surface area contributed by atoms with Crippen molar-refractivity contribution in [1.82, 2.24) is 0 Å². The molecule has 1 rings (SSSR count). The summed E-state index contributed by atoms with van der Waals surface area (Å²) < 4.78 is 1.09. The quantitative estimate of drug-likeness (QED) is 0.849. The summed E-state index contributed by atoms with van der Waals surface area (Å²) in [6.45, 7) is 0.555. The summed E-state index contributed by atoms with van der Waals surface area (Å²) in [5.41, 5.74) is 6.60. The molecule has 0 fully saturated rings. The van der Waals surface area contributed by atoms with Crippen LogP contribution in [0.4, 0.5) is 0 Å². The minimum atomic E-state index is -0.265. The van der Waals surface area contributed by atoms with Crippen molar-refractivity contribution in [2.24, 2.45) is 5.73 Å². The van der Waals surface area contributed by atoms with Crippen molar-refractivity contribution in [3.63, 3.8) is 0 Å². The van der Waals surface area contributed by atoms with Crippen LogP contribution in [0.2, 0.25) is 0 Å². The highest BCUT2D eigenvalue weighted by Crippen LogP contribution is 2.14. The highest BCUT2D eigenvalue weighted by atomic mass is 79.9. The molecule has 0 saturated carbocycles. The van der Waals surface area contributed by atoms with E-state index in [0.29, 0.717) is 13.0 Å². The third-order valence-electron chi connectivity index (χ3n) is 2.16. The summed E-state index contributed by atoms with van der Waals surface area (Å²) in [6.07, 6.45) is 2.11. The van der Waals surface area contributed by atoms with Crippen molar-refractivity contribution in [2.45, 2.75) is 25.4 Å². The van der Waals surface area contributed by atoms with Crippen LogP contribution in [0.5, 0.6) is 0 Å². The van der Waals surface area contributed by atoms with Crippen molar-refractivity contribution in [3.05, 3.63) is 34.3 Å². The number of benzene rings is 1. The van der Waals surface area contributed by atoms with Crippen LogP contribution in [0.25, 0.3) is 0 Å². The molecule has 3 heteroatoms. The summed E-state index contributed by atoms with van der Waals surface area (Å²) in [7, 11) is 0. The SMILES string of the molecule is NCCC(O)CCc1cccc(Br)c1. The van der Waals surface area contributed by atoms with Crippen LogP contribution in [0.1, 0.15) is 18.4 Å². The molecule has 0 heterocycles. The number of nitrogens with two attached hydrogens (primary N) is 1. The number of rotatable bonds is 5. The standard InChI is InChI=1S/C11H16BrNO/c12-10-3-1-2-9(8-10)4-5-11(14)6-7-13/h1-3,8,11,14H,4-7,13H2. The van der Waals surface area contributed by atoms with E-state index < -0.39 is 0 Å². The first-order valence-corrected chi connectivity index (χ1v) is 5.64. The molecule has 1 unspecified atom stereocenters. The molecule has 0 saturated heterocycles. The molecule has 1 atom stereocenters. The van der Waals surface area contributed by atoms with E-state index in [1.54, 1.807) is 0 Å². The fourth-order valence-corrected chi connectivity index (χ4v) is 1.81. The van der Waals surface area contributed by atoms with E-state index in [1.165, 1.54) is 5.56 Å². The van der Waals surface area contributed by atoms with Crippen LogP contribution in [-0.4, -0.2) is 17.8 Å². The lowest BCUT2D eigenvalue weighted by molar-refractivity contribution is 0.157. The Balaban J connectivity index is 2.37. The van der Waals surface area contributed by atoms with Crippen molar-refractivity contribution in [1.29, 1.82) is 0 Å². The van der Waals surface area contributed by atoms with Gasteiger partial charge in [0, 0.05) is 4.47 Å². The predicted octanol–water partition coefficient (Wildman–Crippen LogP) is 2.09. The van der Waals surface area contributed by atoms with Crippen LogP contribution in [0, 0.1) is 0 Å².